The zero-order chi connectivity index (χ0) is 27.4. The predicted molar refractivity (Wildman–Crippen MR) is 148 cm³/mol. The van der Waals surface area contributed by atoms with Crippen molar-refractivity contribution in [3.8, 4) is 22.8 Å². The number of sulfonamides is 1. The van der Waals surface area contributed by atoms with Gasteiger partial charge in [0.2, 0.25) is 16.0 Å². The maximum absolute atomic E-state index is 13.7. The number of H-pyrrole nitrogens is 1. The molecule has 1 aliphatic carbocycles. The molecule has 1 aromatic carbocycles. The van der Waals surface area contributed by atoms with Crippen molar-refractivity contribution in [3.05, 3.63) is 36.2 Å². The summed E-state index contributed by atoms with van der Waals surface area (Å²) in [5, 5.41) is 0. The Kier molecular flexibility index (Phi) is 6.28. The molecule has 3 fully saturated rings. The average molecular weight is 558 g/mol. The molecule has 12 heteroatoms. The molecule has 1 saturated carbocycles. The summed E-state index contributed by atoms with van der Waals surface area (Å²) in [6, 6.07) is 7.35. The third kappa shape index (κ3) is 5.70. The fraction of sp³-hybridized carbons (Fsp3) is 0.519. The fourth-order valence-corrected chi connectivity index (χ4v) is 6.18. The molecule has 39 heavy (non-hydrogen) atoms. The highest BCUT2D eigenvalue weighted by Crippen LogP contribution is 2.54. The van der Waals surface area contributed by atoms with Crippen LogP contribution in [0.25, 0.3) is 22.8 Å². The van der Waals surface area contributed by atoms with E-state index in [-0.39, 0.29) is 25.9 Å². The van der Waals surface area contributed by atoms with Crippen LogP contribution < -0.4 is 14.5 Å². The Morgan fingerprint density at radius 3 is 2.31 bits per heavy atom. The zero-order valence-corrected chi connectivity index (χ0v) is 23.0. The SMILES string of the molecule is Cc1cc(-c2cnc(-c3ccc(NS(C)(=O)=O)cc3N3CCC4(CC3)CC4)[nH]2)nc(N2CCC(F)(F)CC2)n1. The Balaban J connectivity index is 1.31. The number of anilines is 3. The molecule has 0 bridgehead atoms. The minimum absolute atomic E-state index is 0.207. The molecular formula is C27H33F2N7O2S. The second-order valence-corrected chi connectivity index (χ2v) is 13.0. The van der Waals surface area contributed by atoms with Crippen LogP contribution in [0.15, 0.2) is 30.5 Å². The maximum Gasteiger partial charge on any atom is 0.251 e. The Hall–Kier alpha value is -3.28. The number of hydrogen-bond donors (Lipinski definition) is 2. The summed E-state index contributed by atoms with van der Waals surface area (Å²) in [6.07, 6.45) is 7.29. The Morgan fingerprint density at radius 1 is 0.949 bits per heavy atom. The van der Waals surface area contributed by atoms with Crippen LogP contribution in [0.4, 0.5) is 26.1 Å². The average Bonchev–Trinajstić information content (AvgIpc) is 3.43. The van der Waals surface area contributed by atoms with Gasteiger partial charge in [-0.05, 0) is 62.3 Å². The molecular weight excluding hydrogens is 524 g/mol. The van der Waals surface area contributed by atoms with Crippen molar-refractivity contribution >= 4 is 27.3 Å². The van der Waals surface area contributed by atoms with Gasteiger partial charge in [0.25, 0.3) is 5.92 Å². The van der Waals surface area contributed by atoms with Crippen molar-refractivity contribution in [3.63, 3.8) is 0 Å². The Morgan fingerprint density at radius 2 is 1.64 bits per heavy atom. The van der Waals surface area contributed by atoms with Gasteiger partial charge >= 0.3 is 0 Å². The molecule has 0 atom stereocenters. The smallest absolute Gasteiger partial charge is 0.251 e. The van der Waals surface area contributed by atoms with E-state index in [4.69, 9.17) is 0 Å². The molecule has 0 radical (unpaired) electrons. The summed E-state index contributed by atoms with van der Waals surface area (Å²) in [5.74, 6) is -1.55. The van der Waals surface area contributed by atoms with Gasteiger partial charge in [0, 0.05) is 56.0 Å². The first-order chi connectivity index (χ1) is 18.5. The van der Waals surface area contributed by atoms with Crippen LogP contribution in [0.3, 0.4) is 0 Å². The van der Waals surface area contributed by atoms with Gasteiger partial charge in [-0.1, -0.05) is 0 Å². The first-order valence-corrected chi connectivity index (χ1v) is 15.3. The molecule has 3 aliphatic rings. The largest absolute Gasteiger partial charge is 0.371 e. The van der Waals surface area contributed by atoms with E-state index < -0.39 is 15.9 Å². The van der Waals surface area contributed by atoms with Gasteiger partial charge in [-0.3, -0.25) is 4.72 Å². The van der Waals surface area contributed by atoms with E-state index in [1.807, 2.05) is 25.1 Å². The quantitative estimate of drug-likeness (QED) is 0.447. The van der Waals surface area contributed by atoms with E-state index in [0.717, 1.165) is 49.1 Å². The highest BCUT2D eigenvalue weighted by atomic mass is 32.2. The first-order valence-electron chi connectivity index (χ1n) is 13.4. The van der Waals surface area contributed by atoms with Crippen LogP contribution in [0.1, 0.15) is 44.2 Å². The number of halogens is 2. The lowest BCUT2D eigenvalue weighted by Gasteiger charge is -2.35. The number of rotatable bonds is 6. The molecule has 208 valence electrons. The molecule has 6 rings (SSSR count). The molecule has 2 aliphatic heterocycles. The molecule has 2 saturated heterocycles. The third-order valence-electron chi connectivity index (χ3n) is 8.15. The molecule has 2 aromatic heterocycles. The van der Waals surface area contributed by atoms with Crippen molar-refractivity contribution in [2.24, 2.45) is 5.41 Å². The molecule has 3 aromatic rings. The first kappa shape index (κ1) is 26.0. The van der Waals surface area contributed by atoms with E-state index in [1.54, 1.807) is 17.2 Å². The van der Waals surface area contributed by atoms with Crippen molar-refractivity contribution in [1.29, 1.82) is 0 Å². The van der Waals surface area contributed by atoms with Gasteiger partial charge in [0.1, 0.15) is 5.82 Å². The van der Waals surface area contributed by atoms with Gasteiger partial charge in [-0.2, -0.15) is 0 Å². The summed E-state index contributed by atoms with van der Waals surface area (Å²) >= 11 is 0. The summed E-state index contributed by atoms with van der Waals surface area (Å²) < 4.78 is 53.8. The monoisotopic (exact) mass is 557 g/mol. The van der Waals surface area contributed by atoms with Crippen LogP contribution in [0.2, 0.25) is 0 Å². The number of imidazole rings is 1. The number of aromatic amines is 1. The number of aryl methyl sites for hydroxylation is 1. The van der Waals surface area contributed by atoms with E-state index in [0.29, 0.717) is 34.3 Å². The van der Waals surface area contributed by atoms with Crippen molar-refractivity contribution in [2.75, 3.05) is 47.0 Å². The topological polar surface area (TPSA) is 107 Å². The van der Waals surface area contributed by atoms with E-state index in [1.165, 1.54) is 12.8 Å². The van der Waals surface area contributed by atoms with Crippen LogP contribution in [-0.4, -0.2) is 66.7 Å². The van der Waals surface area contributed by atoms with Crippen molar-refractivity contribution < 1.29 is 17.2 Å². The minimum Gasteiger partial charge on any atom is -0.371 e. The standard InChI is InChI=1S/C27H33F2N7O2S/c1-18-15-21(33-25(31-18)36-13-9-27(28,29)10-14-36)22-17-30-24(32-22)20-4-3-19(34-39(2,37)38)16-23(20)35-11-7-26(5-6-26)8-12-35/h3-4,15-17,34H,5-14H2,1-2H3,(H,30,32). The Labute approximate surface area is 227 Å². The van der Waals surface area contributed by atoms with Gasteiger partial charge in [-0.25, -0.2) is 32.2 Å². The second-order valence-electron chi connectivity index (χ2n) is 11.3. The summed E-state index contributed by atoms with van der Waals surface area (Å²) in [6.45, 7) is 4.09. The lowest BCUT2D eigenvalue weighted by Crippen LogP contribution is -2.40. The second kappa shape index (κ2) is 9.42. The maximum atomic E-state index is 13.7. The minimum atomic E-state index is -3.42. The highest BCUT2D eigenvalue weighted by molar-refractivity contribution is 7.92. The number of nitrogens with one attached hydrogen (secondary N) is 2. The molecule has 2 N–H and O–H groups in total. The van der Waals surface area contributed by atoms with Crippen LogP contribution in [0, 0.1) is 12.3 Å². The van der Waals surface area contributed by atoms with E-state index in [9.17, 15) is 17.2 Å². The lowest BCUT2D eigenvalue weighted by molar-refractivity contribution is -0.0222. The fourth-order valence-electron chi connectivity index (χ4n) is 5.62. The van der Waals surface area contributed by atoms with Crippen LogP contribution >= 0.6 is 0 Å². The Bertz CT molecular complexity index is 1480. The van der Waals surface area contributed by atoms with E-state index in [2.05, 4.69) is 29.6 Å². The highest BCUT2D eigenvalue weighted by Gasteiger charge is 2.44. The van der Waals surface area contributed by atoms with Crippen molar-refractivity contribution in [1.82, 2.24) is 19.9 Å². The number of aromatic nitrogens is 4. The molecule has 9 nitrogen and oxygen atoms in total. The number of hydrogen-bond acceptors (Lipinski definition) is 7. The third-order valence-corrected chi connectivity index (χ3v) is 8.76. The zero-order valence-electron chi connectivity index (χ0n) is 22.2. The normalized spacial score (nSPS) is 20.3. The predicted octanol–water partition coefficient (Wildman–Crippen LogP) is 4.83. The molecule has 0 unspecified atom stereocenters. The van der Waals surface area contributed by atoms with Gasteiger partial charge in [-0.15, -0.1) is 0 Å². The molecule has 4 heterocycles. The number of nitrogens with zero attached hydrogens (tertiary/aromatic N) is 5. The van der Waals surface area contributed by atoms with E-state index >= 15 is 0 Å². The van der Waals surface area contributed by atoms with Crippen LogP contribution in [0.5, 0.6) is 0 Å². The van der Waals surface area contributed by atoms with Gasteiger partial charge in [0.15, 0.2) is 0 Å². The summed E-state index contributed by atoms with van der Waals surface area (Å²) in [7, 11) is -3.42. The van der Waals surface area contributed by atoms with Crippen LogP contribution in [-0.2, 0) is 10.0 Å². The lowest BCUT2D eigenvalue weighted by atomic mass is 9.93. The van der Waals surface area contributed by atoms with Gasteiger partial charge < -0.3 is 14.8 Å². The van der Waals surface area contributed by atoms with Crippen molar-refractivity contribution in [2.45, 2.75) is 51.4 Å². The number of alkyl halides is 2. The summed E-state index contributed by atoms with van der Waals surface area (Å²) in [4.78, 5) is 21.3. The molecule has 1 spiro atoms. The number of piperidine rings is 2. The van der Waals surface area contributed by atoms with Gasteiger partial charge in [0.05, 0.1) is 29.5 Å². The molecule has 0 amide bonds. The summed E-state index contributed by atoms with van der Waals surface area (Å²) in [5.41, 5.74) is 4.88. The number of benzene rings is 1.